The average Bonchev–Trinajstić information content (AvgIpc) is 2.92. The van der Waals surface area contributed by atoms with Gasteiger partial charge in [0.2, 0.25) is 0 Å². The summed E-state index contributed by atoms with van der Waals surface area (Å²) in [5.74, 6) is 2.76. The first-order valence-electron chi connectivity index (χ1n) is 6.72. The van der Waals surface area contributed by atoms with E-state index in [4.69, 9.17) is 4.42 Å². The Hall–Kier alpha value is -1.88. The van der Waals surface area contributed by atoms with Crippen molar-refractivity contribution in [3.8, 4) is 0 Å². The zero-order chi connectivity index (χ0) is 15.2. The maximum atomic E-state index is 11.9. The summed E-state index contributed by atoms with van der Waals surface area (Å²) in [6.45, 7) is 0.605. The summed E-state index contributed by atoms with van der Waals surface area (Å²) in [7, 11) is 3.50. The summed E-state index contributed by atoms with van der Waals surface area (Å²) >= 11 is 1.73. The summed E-state index contributed by atoms with van der Waals surface area (Å²) in [4.78, 5) is 13.5. The normalized spacial score (nSPS) is 10.4. The molecule has 21 heavy (non-hydrogen) atoms. The number of benzene rings is 1. The minimum absolute atomic E-state index is 0.00101. The second-order valence-electron chi connectivity index (χ2n) is 4.93. The monoisotopic (exact) mass is 304 g/mol. The molecule has 1 heterocycles. The summed E-state index contributed by atoms with van der Waals surface area (Å²) in [5.41, 5.74) is 1.58. The maximum absolute atomic E-state index is 11.9. The van der Waals surface area contributed by atoms with E-state index in [-0.39, 0.29) is 5.91 Å². The third-order valence-corrected chi connectivity index (χ3v) is 3.56. The molecule has 0 saturated carbocycles. The van der Waals surface area contributed by atoms with E-state index in [0.717, 1.165) is 23.0 Å². The van der Waals surface area contributed by atoms with Gasteiger partial charge in [-0.2, -0.15) is 11.8 Å². The van der Waals surface area contributed by atoms with Crippen molar-refractivity contribution in [2.24, 2.45) is 0 Å². The predicted octanol–water partition coefficient (Wildman–Crippen LogP) is 3.46. The fraction of sp³-hybridized carbons (Fsp3) is 0.312. The number of furan rings is 1. The van der Waals surface area contributed by atoms with Crippen LogP contribution in [0, 0.1) is 0 Å². The van der Waals surface area contributed by atoms with Crippen molar-refractivity contribution in [2.45, 2.75) is 12.3 Å². The quantitative estimate of drug-likeness (QED) is 0.888. The Kier molecular flexibility index (Phi) is 5.33. The summed E-state index contributed by atoms with van der Waals surface area (Å²) in [5, 5.41) is 3.28. The number of rotatable bonds is 6. The summed E-state index contributed by atoms with van der Waals surface area (Å²) < 4.78 is 5.70. The van der Waals surface area contributed by atoms with E-state index in [1.807, 2.05) is 42.7 Å². The van der Waals surface area contributed by atoms with Crippen LogP contribution < -0.4 is 5.32 Å². The van der Waals surface area contributed by atoms with Crippen LogP contribution in [0.3, 0.4) is 0 Å². The largest absolute Gasteiger partial charge is 0.463 e. The molecule has 4 nitrogen and oxygen atoms in total. The van der Waals surface area contributed by atoms with Gasteiger partial charge in [-0.25, -0.2) is 0 Å². The van der Waals surface area contributed by atoms with Gasteiger partial charge < -0.3 is 14.6 Å². The zero-order valence-electron chi connectivity index (χ0n) is 12.6. The highest BCUT2D eigenvalue weighted by Crippen LogP contribution is 2.16. The molecule has 0 fully saturated rings. The highest BCUT2D eigenvalue weighted by molar-refractivity contribution is 7.97. The molecule has 0 saturated heterocycles. The molecule has 1 aromatic carbocycles. The van der Waals surface area contributed by atoms with Crippen LogP contribution >= 0.6 is 11.8 Å². The third-order valence-electron chi connectivity index (χ3n) is 2.99. The zero-order valence-corrected chi connectivity index (χ0v) is 13.4. The Morgan fingerprint density at radius 2 is 2.00 bits per heavy atom. The van der Waals surface area contributed by atoms with Gasteiger partial charge in [0.25, 0.3) is 5.91 Å². The van der Waals surface area contributed by atoms with Crippen molar-refractivity contribution in [3.05, 3.63) is 53.5 Å². The number of carbonyl (C=O) groups excluding carboxylic acids is 1. The van der Waals surface area contributed by atoms with E-state index in [0.29, 0.717) is 12.1 Å². The molecule has 0 aliphatic carbocycles. The van der Waals surface area contributed by atoms with Gasteiger partial charge in [0.05, 0.1) is 12.3 Å². The highest BCUT2D eigenvalue weighted by atomic mass is 32.2. The Morgan fingerprint density at radius 1 is 1.24 bits per heavy atom. The summed E-state index contributed by atoms with van der Waals surface area (Å²) in [6, 6.07) is 11.5. The molecular weight excluding hydrogens is 284 g/mol. The second kappa shape index (κ2) is 7.22. The van der Waals surface area contributed by atoms with Gasteiger partial charge in [0.15, 0.2) is 0 Å². The van der Waals surface area contributed by atoms with Crippen molar-refractivity contribution in [1.82, 2.24) is 4.90 Å². The standard InChI is InChI=1S/C16H20N2O2S/c1-18(2)16(19)12-5-4-6-13(9-12)17-10-14-7-8-15(20-14)11-21-3/h4-9,17H,10-11H2,1-3H3. The van der Waals surface area contributed by atoms with Gasteiger partial charge >= 0.3 is 0 Å². The van der Waals surface area contributed by atoms with E-state index >= 15 is 0 Å². The fourth-order valence-corrected chi connectivity index (χ4v) is 2.39. The van der Waals surface area contributed by atoms with Gasteiger partial charge in [-0.3, -0.25) is 4.79 Å². The smallest absolute Gasteiger partial charge is 0.253 e. The average molecular weight is 304 g/mol. The van der Waals surface area contributed by atoms with Crippen LogP contribution in [-0.2, 0) is 12.3 Å². The molecule has 0 unspecified atom stereocenters. The molecule has 0 radical (unpaired) electrons. The first-order valence-corrected chi connectivity index (χ1v) is 8.11. The van der Waals surface area contributed by atoms with Crippen LogP contribution in [0.5, 0.6) is 0 Å². The summed E-state index contributed by atoms with van der Waals surface area (Å²) in [6.07, 6.45) is 2.05. The number of hydrogen-bond donors (Lipinski definition) is 1. The topological polar surface area (TPSA) is 45.5 Å². The number of carbonyl (C=O) groups is 1. The van der Waals surface area contributed by atoms with Gasteiger partial charge in [0.1, 0.15) is 11.5 Å². The number of hydrogen-bond acceptors (Lipinski definition) is 4. The van der Waals surface area contributed by atoms with Crippen molar-refractivity contribution in [3.63, 3.8) is 0 Å². The van der Waals surface area contributed by atoms with Crippen LogP contribution in [-0.4, -0.2) is 31.2 Å². The molecule has 2 aromatic rings. The molecule has 1 N–H and O–H groups in total. The van der Waals surface area contributed by atoms with Crippen LogP contribution in [0.4, 0.5) is 5.69 Å². The number of anilines is 1. The molecule has 5 heteroatoms. The highest BCUT2D eigenvalue weighted by Gasteiger charge is 2.08. The maximum Gasteiger partial charge on any atom is 0.253 e. The first kappa shape index (κ1) is 15.5. The van der Waals surface area contributed by atoms with Gasteiger partial charge in [0, 0.05) is 25.3 Å². The molecule has 112 valence electrons. The molecule has 0 bridgehead atoms. The van der Waals surface area contributed by atoms with Gasteiger partial charge in [-0.05, 0) is 36.6 Å². The molecule has 1 aromatic heterocycles. The lowest BCUT2D eigenvalue weighted by atomic mass is 10.2. The van der Waals surface area contributed by atoms with Crippen molar-refractivity contribution >= 4 is 23.4 Å². The molecule has 0 atom stereocenters. The Morgan fingerprint density at radius 3 is 2.71 bits per heavy atom. The third kappa shape index (κ3) is 4.29. The molecule has 0 spiro atoms. The SMILES string of the molecule is CSCc1ccc(CNc2cccc(C(=O)N(C)C)c2)o1. The Bertz CT molecular complexity index is 608. The predicted molar refractivity (Wildman–Crippen MR) is 87.7 cm³/mol. The van der Waals surface area contributed by atoms with Crippen LogP contribution in [0.15, 0.2) is 40.8 Å². The van der Waals surface area contributed by atoms with E-state index in [1.165, 1.54) is 0 Å². The molecule has 1 amide bonds. The Balaban J connectivity index is 1.99. The molecule has 0 aliphatic rings. The molecule has 0 aliphatic heterocycles. The fourth-order valence-electron chi connectivity index (χ4n) is 1.95. The van der Waals surface area contributed by atoms with Crippen molar-refractivity contribution in [1.29, 1.82) is 0 Å². The lowest BCUT2D eigenvalue weighted by Crippen LogP contribution is -2.21. The van der Waals surface area contributed by atoms with Crippen LogP contribution in [0.2, 0.25) is 0 Å². The van der Waals surface area contributed by atoms with Crippen molar-refractivity contribution in [2.75, 3.05) is 25.7 Å². The second-order valence-corrected chi connectivity index (χ2v) is 5.80. The van der Waals surface area contributed by atoms with Crippen LogP contribution in [0.1, 0.15) is 21.9 Å². The first-order chi connectivity index (χ1) is 10.1. The van der Waals surface area contributed by atoms with E-state index in [2.05, 4.69) is 5.32 Å². The lowest BCUT2D eigenvalue weighted by Gasteiger charge is -2.11. The van der Waals surface area contributed by atoms with Crippen molar-refractivity contribution < 1.29 is 9.21 Å². The number of nitrogens with zero attached hydrogens (tertiary/aromatic N) is 1. The van der Waals surface area contributed by atoms with E-state index < -0.39 is 0 Å². The van der Waals surface area contributed by atoms with Gasteiger partial charge in [-0.15, -0.1) is 0 Å². The number of thioether (sulfide) groups is 1. The van der Waals surface area contributed by atoms with E-state index in [9.17, 15) is 4.79 Å². The minimum Gasteiger partial charge on any atom is -0.463 e. The molecular formula is C16H20N2O2S. The number of amides is 1. The number of nitrogens with one attached hydrogen (secondary N) is 1. The molecule has 2 rings (SSSR count). The minimum atomic E-state index is -0.00101. The van der Waals surface area contributed by atoms with E-state index in [1.54, 1.807) is 30.8 Å². The van der Waals surface area contributed by atoms with Gasteiger partial charge in [-0.1, -0.05) is 6.07 Å². The lowest BCUT2D eigenvalue weighted by molar-refractivity contribution is 0.0827. The Labute approximate surface area is 129 Å². The van der Waals surface area contributed by atoms with Crippen LogP contribution in [0.25, 0.3) is 0 Å².